The predicted molar refractivity (Wildman–Crippen MR) is 83.1 cm³/mol. The first-order valence-electron chi connectivity index (χ1n) is 7.11. The number of rotatable bonds is 8. The second-order valence-corrected chi connectivity index (χ2v) is 5.65. The van der Waals surface area contributed by atoms with Crippen LogP contribution in [0.15, 0.2) is 18.5 Å². The normalized spacial score (nSPS) is 10.9. The fraction of sp³-hybridized carbons (Fsp3) is 0.600. The molecule has 1 aromatic heterocycles. The molecule has 0 saturated carbocycles. The van der Waals surface area contributed by atoms with E-state index in [0.29, 0.717) is 18.0 Å². The lowest BCUT2D eigenvalue weighted by atomic mass is 10.2. The standard InChI is InChI=1S/C15H26N4O/c1-12(2)9-18-15(20)13-8-14(11-16-10-13)17-6-5-7-19(3)4/h8,10-12,17H,5-7,9H2,1-4H3,(H,18,20). The maximum atomic E-state index is 11.9. The average molecular weight is 278 g/mol. The van der Waals surface area contributed by atoms with E-state index in [1.165, 1.54) is 0 Å². The minimum atomic E-state index is -0.0665. The summed E-state index contributed by atoms with van der Waals surface area (Å²) in [6.45, 7) is 6.73. The maximum absolute atomic E-state index is 11.9. The third kappa shape index (κ3) is 6.52. The van der Waals surface area contributed by atoms with Crippen LogP contribution in [0.3, 0.4) is 0 Å². The second-order valence-electron chi connectivity index (χ2n) is 5.65. The second kappa shape index (κ2) is 8.53. The first-order chi connectivity index (χ1) is 9.49. The van der Waals surface area contributed by atoms with Gasteiger partial charge in [-0.15, -0.1) is 0 Å². The summed E-state index contributed by atoms with van der Waals surface area (Å²) in [5.74, 6) is 0.377. The van der Waals surface area contributed by atoms with Crippen molar-refractivity contribution >= 4 is 11.6 Å². The molecular formula is C15H26N4O. The first kappa shape index (κ1) is 16.4. The van der Waals surface area contributed by atoms with Gasteiger partial charge in [0.1, 0.15) is 0 Å². The van der Waals surface area contributed by atoms with Gasteiger partial charge in [-0.2, -0.15) is 0 Å². The van der Waals surface area contributed by atoms with E-state index in [2.05, 4.69) is 48.5 Å². The van der Waals surface area contributed by atoms with Crippen molar-refractivity contribution in [2.45, 2.75) is 20.3 Å². The summed E-state index contributed by atoms with van der Waals surface area (Å²) in [4.78, 5) is 18.2. The topological polar surface area (TPSA) is 57.3 Å². The van der Waals surface area contributed by atoms with Gasteiger partial charge in [0.25, 0.3) is 5.91 Å². The van der Waals surface area contributed by atoms with Crippen LogP contribution in [-0.4, -0.2) is 49.5 Å². The van der Waals surface area contributed by atoms with Gasteiger partial charge in [0.15, 0.2) is 0 Å². The lowest BCUT2D eigenvalue weighted by Crippen LogP contribution is -2.27. The monoisotopic (exact) mass is 278 g/mol. The zero-order chi connectivity index (χ0) is 15.0. The first-order valence-corrected chi connectivity index (χ1v) is 7.11. The quantitative estimate of drug-likeness (QED) is 0.712. The van der Waals surface area contributed by atoms with E-state index in [4.69, 9.17) is 0 Å². The molecule has 1 rings (SSSR count). The Bertz CT molecular complexity index is 418. The van der Waals surface area contributed by atoms with Crippen LogP contribution in [0, 0.1) is 5.92 Å². The molecule has 0 aromatic carbocycles. The highest BCUT2D eigenvalue weighted by Crippen LogP contribution is 2.08. The molecule has 1 aromatic rings. The number of anilines is 1. The summed E-state index contributed by atoms with van der Waals surface area (Å²) in [7, 11) is 4.11. The third-order valence-electron chi connectivity index (χ3n) is 2.78. The lowest BCUT2D eigenvalue weighted by Gasteiger charge is -2.11. The SMILES string of the molecule is CC(C)CNC(=O)c1cncc(NCCCN(C)C)c1. The fourth-order valence-electron chi connectivity index (χ4n) is 1.69. The number of aromatic nitrogens is 1. The molecular weight excluding hydrogens is 252 g/mol. The van der Waals surface area contributed by atoms with Crippen LogP contribution in [0.1, 0.15) is 30.6 Å². The summed E-state index contributed by atoms with van der Waals surface area (Å²) in [6, 6.07) is 1.85. The summed E-state index contributed by atoms with van der Waals surface area (Å²) in [5.41, 5.74) is 1.49. The number of carbonyl (C=O) groups is 1. The largest absolute Gasteiger partial charge is 0.384 e. The number of pyridine rings is 1. The smallest absolute Gasteiger partial charge is 0.252 e. The van der Waals surface area contributed by atoms with Crippen LogP contribution in [0.4, 0.5) is 5.69 Å². The molecule has 0 unspecified atom stereocenters. The Morgan fingerprint density at radius 3 is 2.75 bits per heavy atom. The zero-order valence-electron chi connectivity index (χ0n) is 12.9. The lowest BCUT2D eigenvalue weighted by molar-refractivity contribution is 0.0948. The molecule has 0 fully saturated rings. The van der Waals surface area contributed by atoms with Crippen molar-refractivity contribution < 1.29 is 4.79 Å². The molecule has 1 heterocycles. The van der Waals surface area contributed by atoms with E-state index < -0.39 is 0 Å². The van der Waals surface area contributed by atoms with E-state index in [1.54, 1.807) is 12.4 Å². The highest BCUT2D eigenvalue weighted by atomic mass is 16.1. The molecule has 0 spiro atoms. The molecule has 0 aliphatic rings. The van der Waals surface area contributed by atoms with Gasteiger partial charge in [-0.25, -0.2) is 0 Å². The summed E-state index contributed by atoms with van der Waals surface area (Å²) in [6.07, 6.45) is 4.40. The molecule has 0 atom stereocenters. The Kier molecular flexibility index (Phi) is 7.01. The average Bonchev–Trinajstić information content (AvgIpc) is 2.41. The van der Waals surface area contributed by atoms with Crippen molar-refractivity contribution in [1.29, 1.82) is 0 Å². The van der Waals surface area contributed by atoms with Gasteiger partial charge in [-0.1, -0.05) is 13.8 Å². The Morgan fingerprint density at radius 1 is 1.35 bits per heavy atom. The molecule has 2 N–H and O–H groups in total. The summed E-state index contributed by atoms with van der Waals surface area (Å²) in [5, 5.41) is 6.19. The Morgan fingerprint density at radius 2 is 2.10 bits per heavy atom. The van der Waals surface area contributed by atoms with Crippen LogP contribution in [0.25, 0.3) is 0 Å². The van der Waals surface area contributed by atoms with Crippen LogP contribution < -0.4 is 10.6 Å². The van der Waals surface area contributed by atoms with Gasteiger partial charge in [-0.3, -0.25) is 9.78 Å². The summed E-state index contributed by atoms with van der Waals surface area (Å²) < 4.78 is 0. The van der Waals surface area contributed by atoms with E-state index >= 15 is 0 Å². The molecule has 20 heavy (non-hydrogen) atoms. The number of carbonyl (C=O) groups excluding carboxylic acids is 1. The number of nitrogens with zero attached hydrogens (tertiary/aromatic N) is 2. The van der Waals surface area contributed by atoms with Crippen molar-refractivity contribution in [1.82, 2.24) is 15.2 Å². The minimum absolute atomic E-state index is 0.0665. The molecule has 1 amide bonds. The van der Waals surface area contributed by atoms with Gasteiger partial charge in [0, 0.05) is 25.5 Å². The van der Waals surface area contributed by atoms with Crippen LogP contribution >= 0.6 is 0 Å². The van der Waals surface area contributed by atoms with Crippen molar-refractivity contribution in [3.05, 3.63) is 24.0 Å². The molecule has 112 valence electrons. The number of amides is 1. The minimum Gasteiger partial charge on any atom is -0.384 e. The van der Waals surface area contributed by atoms with Gasteiger partial charge in [0.05, 0.1) is 11.3 Å². The van der Waals surface area contributed by atoms with E-state index in [1.807, 2.05) is 6.07 Å². The Labute approximate surface area is 121 Å². The van der Waals surface area contributed by atoms with Crippen molar-refractivity contribution in [2.75, 3.05) is 39.0 Å². The van der Waals surface area contributed by atoms with Gasteiger partial charge in [-0.05, 0) is 39.0 Å². The molecule has 0 aliphatic heterocycles. The highest BCUT2D eigenvalue weighted by Gasteiger charge is 2.07. The van der Waals surface area contributed by atoms with Crippen molar-refractivity contribution in [3.8, 4) is 0 Å². The number of hydrogen-bond donors (Lipinski definition) is 2. The molecule has 5 heteroatoms. The van der Waals surface area contributed by atoms with Crippen molar-refractivity contribution in [3.63, 3.8) is 0 Å². The van der Waals surface area contributed by atoms with Gasteiger partial charge < -0.3 is 15.5 Å². The summed E-state index contributed by atoms with van der Waals surface area (Å²) >= 11 is 0. The van der Waals surface area contributed by atoms with Crippen LogP contribution in [0.5, 0.6) is 0 Å². The van der Waals surface area contributed by atoms with Crippen LogP contribution in [0.2, 0.25) is 0 Å². The molecule has 0 saturated heterocycles. The zero-order valence-corrected chi connectivity index (χ0v) is 12.9. The predicted octanol–water partition coefficient (Wildman–Crippen LogP) is 1.83. The van der Waals surface area contributed by atoms with E-state index in [9.17, 15) is 4.79 Å². The van der Waals surface area contributed by atoms with Gasteiger partial charge in [0.2, 0.25) is 0 Å². The van der Waals surface area contributed by atoms with E-state index in [-0.39, 0.29) is 5.91 Å². The third-order valence-corrected chi connectivity index (χ3v) is 2.78. The molecule has 0 bridgehead atoms. The molecule has 0 radical (unpaired) electrons. The molecule has 5 nitrogen and oxygen atoms in total. The number of nitrogens with one attached hydrogen (secondary N) is 2. The van der Waals surface area contributed by atoms with E-state index in [0.717, 1.165) is 25.2 Å². The number of hydrogen-bond acceptors (Lipinski definition) is 4. The van der Waals surface area contributed by atoms with Crippen LogP contribution in [-0.2, 0) is 0 Å². The Balaban J connectivity index is 2.46. The Hall–Kier alpha value is -1.62. The van der Waals surface area contributed by atoms with Crippen molar-refractivity contribution in [2.24, 2.45) is 5.92 Å². The fourth-order valence-corrected chi connectivity index (χ4v) is 1.69. The maximum Gasteiger partial charge on any atom is 0.252 e. The highest BCUT2D eigenvalue weighted by molar-refractivity contribution is 5.94. The van der Waals surface area contributed by atoms with Gasteiger partial charge >= 0.3 is 0 Å². The molecule has 0 aliphatic carbocycles.